The second kappa shape index (κ2) is 7.71. The van der Waals surface area contributed by atoms with Crippen LogP contribution in [0.2, 0.25) is 0 Å². The average molecular weight is 235 g/mol. The van der Waals surface area contributed by atoms with Crippen molar-refractivity contribution in [2.24, 2.45) is 0 Å². The minimum absolute atomic E-state index is 0.155. The molecular weight excluding hydrogens is 214 g/mol. The van der Waals surface area contributed by atoms with E-state index in [2.05, 4.69) is 17.4 Å². The molecular formula is C14H21NO2. The van der Waals surface area contributed by atoms with Gasteiger partial charge in [-0.05, 0) is 37.0 Å². The molecule has 0 heterocycles. The molecule has 3 heteroatoms. The predicted molar refractivity (Wildman–Crippen MR) is 69.2 cm³/mol. The number of rotatable bonds is 7. The first-order valence-electron chi connectivity index (χ1n) is 6.16. The Labute approximate surface area is 103 Å². The largest absolute Gasteiger partial charge is 0.497 e. The van der Waals surface area contributed by atoms with Crippen molar-refractivity contribution >= 4 is 5.91 Å². The number of carbonyl (C=O) groups is 1. The lowest BCUT2D eigenvalue weighted by molar-refractivity contribution is -0.121. The molecule has 0 saturated heterocycles. The van der Waals surface area contributed by atoms with E-state index in [-0.39, 0.29) is 5.91 Å². The third-order valence-corrected chi connectivity index (χ3v) is 2.60. The molecule has 1 amide bonds. The van der Waals surface area contributed by atoms with Gasteiger partial charge in [-0.1, -0.05) is 19.1 Å². The van der Waals surface area contributed by atoms with Gasteiger partial charge in [-0.2, -0.15) is 0 Å². The van der Waals surface area contributed by atoms with Gasteiger partial charge in [0.05, 0.1) is 7.11 Å². The molecule has 0 fully saturated rings. The molecule has 0 aliphatic carbocycles. The van der Waals surface area contributed by atoms with Crippen molar-refractivity contribution in [2.45, 2.75) is 32.6 Å². The highest BCUT2D eigenvalue weighted by Gasteiger charge is 1.98. The second-order valence-corrected chi connectivity index (χ2v) is 4.05. The fourth-order valence-corrected chi connectivity index (χ4v) is 1.63. The number of methoxy groups -OCH3 is 1. The molecule has 17 heavy (non-hydrogen) atoms. The maximum atomic E-state index is 11.2. The first-order valence-corrected chi connectivity index (χ1v) is 6.16. The first kappa shape index (κ1) is 13.6. The van der Waals surface area contributed by atoms with Crippen molar-refractivity contribution in [2.75, 3.05) is 13.7 Å². The molecule has 0 unspecified atom stereocenters. The molecule has 0 bridgehead atoms. The molecule has 94 valence electrons. The molecule has 1 rings (SSSR count). The van der Waals surface area contributed by atoms with Gasteiger partial charge in [-0.3, -0.25) is 4.79 Å². The Morgan fingerprint density at radius 2 is 2.00 bits per heavy atom. The number of hydrogen-bond donors (Lipinski definition) is 1. The number of carbonyl (C=O) groups excluding carboxylic acids is 1. The van der Waals surface area contributed by atoms with E-state index in [0.717, 1.165) is 31.6 Å². The minimum atomic E-state index is 0.155. The van der Waals surface area contributed by atoms with E-state index in [1.807, 2.05) is 19.1 Å². The van der Waals surface area contributed by atoms with Crippen LogP contribution in [0.15, 0.2) is 24.3 Å². The van der Waals surface area contributed by atoms with Crippen molar-refractivity contribution in [3.8, 4) is 5.75 Å². The lowest BCUT2D eigenvalue weighted by Crippen LogP contribution is -2.24. The van der Waals surface area contributed by atoms with E-state index >= 15 is 0 Å². The van der Waals surface area contributed by atoms with Gasteiger partial charge in [-0.25, -0.2) is 0 Å². The highest BCUT2D eigenvalue weighted by atomic mass is 16.5. The molecule has 1 aromatic rings. The van der Waals surface area contributed by atoms with Crippen LogP contribution in [0.1, 0.15) is 31.7 Å². The molecule has 0 aliphatic heterocycles. The van der Waals surface area contributed by atoms with Gasteiger partial charge in [-0.15, -0.1) is 0 Å². The molecule has 1 aromatic carbocycles. The van der Waals surface area contributed by atoms with Crippen molar-refractivity contribution in [1.29, 1.82) is 0 Å². The van der Waals surface area contributed by atoms with Crippen LogP contribution < -0.4 is 10.1 Å². The SMILES string of the molecule is CCCC(=O)NCCCc1ccc(OC)cc1. The van der Waals surface area contributed by atoms with Gasteiger partial charge in [0.15, 0.2) is 0 Å². The van der Waals surface area contributed by atoms with Gasteiger partial charge in [0.1, 0.15) is 5.75 Å². The quantitative estimate of drug-likeness (QED) is 0.738. The highest BCUT2D eigenvalue weighted by molar-refractivity contribution is 5.75. The standard InChI is InChI=1S/C14H21NO2/c1-3-5-14(16)15-11-4-6-12-7-9-13(17-2)10-8-12/h7-10H,3-6,11H2,1-2H3,(H,15,16). The summed E-state index contributed by atoms with van der Waals surface area (Å²) in [5, 5.41) is 2.91. The fraction of sp³-hybridized carbons (Fsp3) is 0.500. The van der Waals surface area contributed by atoms with Gasteiger partial charge in [0.25, 0.3) is 0 Å². The van der Waals surface area contributed by atoms with E-state index < -0.39 is 0 Å². The summed E-state index contributed by atoms with van der Waals surface area (Å²) < 4.78 is 5.10. The van der Waals surface area contributed by atoms with Crippen LogP contribution >= 0.6 is 0 Å². The maximum absolute atomic E-state index is 11.2. The van der Waals surface area contributed by atoms with Gasteiger partial charge in [0.2, 0.25) is 5.91 Å². The van der Waals surface area contributed by atoms with Crippen LogP contribution in [-0.2, 0) is 11.2 Å². The number of hydrogen-bond acceptors (Lipinski definition) is 2. The number of nitrogens with one attached hydrogen (secondary N) is 1. The summed E-state index contributed by atoms with van der Waals surface area (Å²) in [5.74, 6) is 1.03. The first-order chi connectivity index (χ1) is 8.26. The van der Waals surface area contributed by atoms with Crippen LogP contribution in [0.3, 0.4) is 0 Å². The third-order valence-electron chi connectivity index (χ3n) is 2.60. The zero-order valence-electron chi connectivity index (χ0n) is 10.7. The van der Waals surface area contributed by atoms with E-state index in [1.165, 1.54) is 5.56 Å². The fourth-order valence-electron chi connectivity index (χ4n) is 1.63. The summed E-state index contributed by atoms with van der Waals surface area (Å²) in [5.41, 5.74) is 1.27. The summed E-state index contributed by atoms with van der Waals surface area (Å²) in [6, 6.07) is 8.05. The van der Waals surface area contributed by atoms with Gasteiger partial charge < -0.3 is 10.1 Å². The van der Waals surface area contributed by atoms with Crippen LogP contribution in [-0.4, -0.2) is 19.6 Å². The topological polar surface area (TPSA) is 38.3 Å². The summed E-state index contributed by atoms with van der Waals surface area (Å²) in [6.45, 7) is 2.77. The maximum Gasteiger partial charge on any atom is 0.219 e. The summed E-state index contributed by atoms with van der Waals surface area (Å²) in [7, 11) is 1.66. The molecule has 0 radical (unpaired) electrons. The molecule has 0 spiro atoms. The van der Waals surface area contributed by atoms with E-state index in [4.69, 9.17) is 4.74 Å². The number of amides is 1. The Hall–Kier alpha value is -1.51. The van der Waals surface area contributed by atoms with Crippen LogP contribution in [0, 0.1) is 0 Å². The highest BCUT2D eigenvalue weighted by Crippen LogP contribution is 2.12. The lowest BCUT2D eigenvalue weighted by atomic mass is 10.1. The van der Waals surface area contributed by atoms with E-state index in [9.17, 15) is 4.79 Å². The van der Waals surface area contributed by atoms with Crippen molar-refractivity contribution in [3.05, 3.63) is 29.8 Å². The van der Waals surface area contributed by atoms with Crippen molar-refractivity contribution in [1.82, 2.24) is 5.32 Å². The average Bonchev–Trinajstić information content (AvgIpc) is 2.36. The van der Waals surface area contributed by atoms with E-state index in [0.29, 0.717) is 6.42 Å². The number of aryl methyl sites for hydroxylation is 1. The molecule has 0 saturated carbocycles. The minimum Gasteiger partial charge on any atom is -0.497 e. The van der Waals surface area contributed by atoms with Gasteiger partial charge in [0, 0.05) is 13.0 Å². The summed E-state index contributed by atoms with van der Waals surface area (Å²) in [4.78, 5) is 11.2. The Balaban J connectivity index is 2.19. The molecule has 0 aliphatic rings. The van der Waals surface area contributed by atoms with Crippen LogP contribution in [0.5, 0.6) is 5.75 Å². The predicted octanol–water partition coefficient (Wildman–Crippen LogP) is 2.54. The zero-order chi connectivity index (χ0) is 12.5. The normalized spacial score (nSPS) is 10.0. The zero-order valence-corrected chi connectivity index (χ0v) is 10.7. The lowest BCUT2D eigenvalue weighted by Gasteiger charge is -2.05. The third kappa shape index (κ3) is 5.38. The van der Waals surface area contributed by atoms with Crippen LogP contribution in [0.4, 0.5) is 0 Å². The number of benzene rings is 1. The molecule has 0 aromatic heterocycles. The Bertz CT molecular complexity index is 333. The number of ether oxygens (including phenoxy) is 1. The Morgan fingerprint density at radius 3 is 2.59 bits per heavy atom. The van der Waals surface area contributed by atoms with Crippen LogP contribution in [0.25, 0.3) is 0 Å². The van der Waals surface area contributed by atoms with Crippen molar-refractivity contribution in [3.63, 3.8) is 0 Å². The monoisotopic (exact) mass is 235 g/mol. The molecule has 0 atom stereocenters. The smallest absolute Gasteiger partial charge is 0.219 e. The molecule has 3 nitrogen and oxygen atoms in total. The summed E-state index contributed by atoms with van der Waals surface area (Å²) >= 11 is 0. The Kier molecular flexibility index (Phi) is 6.15. The Morgan fingerprint density at radius 1 is 1.29 bits per heavy atom. The van der Waals surface area contributed by atoms with Gasteiger partial charge >= 0.3 is 0 Å². The second-order valence-electron chi connectivity index (χ2n) is 4.05. The van der Waals surface area contributed by atoms with Crippen molar-refractivity contribution < 1.29 is 9.53 Å². The summed E-state index contributed by atoms with van der Waals surface area (Å²) in [6.07, 6.45) is 3.49. The molecule has 1 N–H and O–H groups in total. The van der Waals surface area contributed by atoms with E-state index in [1.54, 1.807) is 7.11 Å².